The molecule has 8 atom stereocenters. The van der Waals surface area contributed by atoms with E-state index < -0.39 is 72.2 Å². The van der Waals surface area contributed by atoms with Gasteiger partial charge in [0.25, 0.3) is 11.8 Å². The van der Waals surface area contributed by atoms with Gasteiger partial charge in [-0.05, 0) is 68.6 Å². The molecule has 5 aliphatic rings. The number of likely N-dealkylation sites (tertiary alicyclic amines) is 2. The average molecular weight is 730 g/mol. The molecule has 0 bridgehead atoms. The molecule has 2 aliphatic heterocycles. The van der Waals surface area contributed by atoms with Gasteiger partial charge in [-0.25, -0.2) is 13.8 Å². The Morgan fingerprint density at radius 3 is 2.33 bits per heavy atom. The maximum absolute atomic E-state index is 14.7. The Bertz CT molecular complexity index is 1480. The van der Waals surface area contributed by atoms with Crippen LogP contribution in [0.3, 0.4) is 0 Å². The molecular weight excluding hydrogens is 676 g/mol. The molecule has 52 heavy (non-hydrogen) atoms. The van der Waals surface area contributed by atoms with Crippen molar-refractivity contribution in [1.82, 2.24) is 35.7 Å². The first kappa shape index (κ1) is 38.1. The number of halogens is 2. The summed E-state index contributed by atoms with van der Waals surface area (Å²) in [7, 11) is 0. The Kier molecular flexibility index (Phi) is 11.6. The normalized spacial score (nSPS) is 27.9. The van der Waals surface area contributed by atoms with E-state index in [9.17, 15) is 37.9 Å². The molecule has 4 amide bonds. The number of nitrogens with one attached hydrogen (secondary N) is 3. The van der Waals surface area contributed by atoms with Crippen LogP contribution >= 0.6 is 0 Å². The number of nitrogens with zero attached hydrogens (tertiary/aromatic N) is 4. The molecule has 1 aromatic heterocycles. The topological polar surface area (TPSA) is 174 Å². The number of aromatic nitrogens is 2. The van der Waals surface area contributed by atoms with Crippen LogP contribution in [0.15, 0.2) is 18.6 Å². The standard InChI is InChI=1S/C37H53F2N7O6/c1-37(2,3)31(44-33(49)28(20-8-5-4-6-9-20)43-32(48)23-18-40-16-17-41-23)36(52)45-19-21-12-15-24-27(21)29(45)35(51)46(24)25(10-7-11-26(38)39)30(47)34(50)42-22-13-14-22/h16-18,20-22,24-29,31,35,51H,4-15,19H2,1-3H3,(H,42,50)(H,43,48)(H,44,49)/t21-,24?,25?,27+,28-,29-,31+,35?/m0/s1. The van der Waals surface area contributed by atoms with Crippen LogP contribution in [0, 0.1) is 23.2 Å². The molecule has 3 aliphatic carbocycles. The van der Waals surface area contributed by atoms with Crippen molar-refractivity contribution < 1.29 is 37.9 Å². The third-order valence-corrected chi connectivity index (χ3v) is 11.9. The summed E-state index contributed by atoms with van der Waals surface area (Å²) < 4.78 is 26.4. The molecule has 3 saturated carbocycles. The van der Waals surface area contributed by atoms with E-state index in [-0.39, 0.29) is 54.3 Å². The molecule has 1 aromatic rings. The van der Waals surface area contributed by atoms with E-state index >= 15 is 0 Å². The zero-order valence-corrected chi connectivity index (χ0v) is 30.3. The van der Waals surface area contributed by atoms with Crippen molar-refractivity contribution in [3.05, 3.63) is 24.3 Å². The Morgan fingerprint density at radius 1 is 0.962 bits per heavy atom. The molecule has 286 valence electrons. The molecule has 3 heterocycles. The lowest BCUT2D eigenvalue weighted by molar-refractivity contribution is -0.148. The summed E-state index contributed by atoms with van der Waals surface area (Å²) in [6.45, 7) is 5.89. The monoisotopic (exact) mass is 729 g/mol. The highest BCUT2D eigenvalue weighted by molar-refractivity contribution is 6.38. The Balaban J connectivity index is 1.23. The number of ketones is 1. The number of hydrogen-bond donors (Lipinski definition) is 4. The van der Waals surface area contributed by atoms with Crippen LogP contribution in [-0.2, 0) is 19.2 Å². The summed E-state index contributed by atoms with van der Waals surface area (Å²) in [5.74, 6) is -3.22. The highest BCUT2D eigenvalue weighted by Gasteiger charge is 2.64. The van der Waals surface area contributed by atoms with Crippen LogP contribution in [0.1, 0.15) is 108 Å². The van der Waals surface area contributed by atoms with Gasteiger partial charge in [0.15, 0.2) is 0 Å². The smallest absolute Gasteiger partial charge is 0.289 e. The first-order chi connectivity index (χ1) is 24.8. The molecule has 6 rings (SSSR count). The fourth-order valence-corrected chi connectivity index (χ4v) is 9.18. The molecule has 0 aromatic carbocycles. The zero-order chi connectivity index (χ0) is 37.3. The molecule has 4 N–H and O–H groups in total. The summed E-state index contributed by atoms with van der Waals surface area (Å²) in [5, 5.41) is 20.6. The van der Waals surface area contributed by atoms with Gasteiger partial charge in [-0.15, -0.1) is 0 Å². The maximum Gasteiger partial charge on any atom is 0.289 e. The first-order valence-corrected chi connectivity index (χ1v) is 19.0. The van der Waals surface area contributed by atoms with E-state index in [1.165, 1.54) is 18.6 Å². The van der Waals surface area contributed by atoms with Crippen molar-refractivity contribution in [2.75, 3.05) is 6.54 Å². The minimum atomic E-state index is -2.56. The van der Waals surface area contributed by atoms with Crippen LogP contribution in [0.25, 0.3) is 0 Å². The summed E-state index contributed by atoms with van der Waals surface area (Å²) in [5.41, 5.74) is -0.693. The largest absolute Gasteiger partial charge is 0.376 e. The van der Waals surface area contributed by atoms with E-state index in [0.717, 1.165) is 51.4 Å². The number of aliphatic hydroxyl groups is 1. The quantitative estimate of drug-likeness (QED) is 0.210. The van der Waals surface area contributed by atoms with Crippen LogP contribution < -0.4 is 16.0 Å². The van der Waals surface area contributed by atoms with Gasteiger partial charge in [0.2, 0.25) is 24.0 Å². The summed E-state index contributed by atoms with van der Waals surface area (Å²) in [6.07, 6.45) is 7.12. The van der Waals surface area contributed by atoms with Crippen LogP contribution in [0.4, 0.5) is 8.78 Å². The van der Waals surface area contributed by atoms with Gasteiger partial charge < -0.3 is 26.0 Å². The van der Waals surface area contributed by atoms with Crippen molar-refractivity contribution in [2.24, 2.45) is 23.2 Å². The van der Waals surface area contributed by atoms with Crippen molar-refractivity contribution in [3.8, 4) is 0 Å². The number of Topliss-reactive ketones (excluding diaryl/α,β-unsaturated/α-hetero) is 1. The fraction of sp³-hybridized carbons (Fsp3) is 0.757. The third-order valence-electron chi connectivity index (χ3n) is 11.9. The number of carbonyl (C=O) groups excluding carboxylic acids is 5. The number of amides is 4. The Hall–Kier alpha value is -3.59. The highest BCUT2D eigenvalue weighted by atomic mass is 19.3. The predicted molar refractivity (Wildman–Crippen MR) is 184 cm³/mol. The second kappa shape index (κ2) is 15.8. The molecule has 5 fully saturated rings. The molecule has 15 heteroatoms. The van der Waals surface area contributed by atoms with Crippen molar-refractivity contribution in [1.29, 1.82) is 0 Å². The lowest BCUT2D eigenvalue weighted by Gasteiger charge is -2.39. The van der Waals surface area contributed by atoms with Crippen molar-refractivity contribution in [3.63, 3.8) is 0 Å². The number of alkyl halides is 2. The lowest BCUT2D eigenvalue weighted by atomic mass is 9.82. The summed E-state index contributed by atoms with van der Waals surface area (Å²) >= 11 is 0. The second-order valence-corrected chi connectivity index (χ2v) is 16.5. The van der Waals surface area contributed by atoms with E-state index in [1.807, 2.05) is 20.8 Å². The van der Waals surface area contributed by atoms with Crippen molar-refractivity contribution in [2.45, 2.75) is 147 Å². The predicted octanol–water partition coefficient (Wildman–Crippen LogP) is 2.58. The first-order valence-electron chi connectivity index (χ1n) is 19.0. The van der Waals surface area contributed by atoms with Gasteiger partial charge in [-0.3, -0.25) is 33.9 Å². The van der Waals surface area contributed by atoms with Crippen molar-refractivity contribution >= 4 is 29.4 Å². The third kappa shape index (κ3) is 8.14. The number of aliphatic hydroxyl groups excluding tert-OH is 1. The van der Waals surface area contributed by atoms with E-state index in [2.05, 4.69) is 25.9 Å². The zero-order valence-electron chi connectivity index (χ0n) is 30.3. The van der Waals surface area contributed by atoms with Gasteiger partial charge in [0.1, 0.15) is 24.0 Å². The van der Waals surface area contributed by atoms with Crippen LogP contribution in [0.5, 0.6) is 0 Å². The van der Waals surface area contributed by atoms with Crippen LogP contribution in [0.2, 0.25) is 0 Å². The van der Waals surface area contributed by atoms with Crippen LogP contribution in [-0.4, -0.2) is 110 Å². The van der Waals surface area contributed by atoms with Gasteiger partial charge in [-0.1, -0.05) is 40.0 Å². The number of hydrogen-bond acceptors (Lipinski definition) is 9. The summed E-state index contributed by atoms with van der Waals surface area (Å²) in [4.78, 5) is 80.0. The van der Waals surface area contributed by atoms with Gasteiger partial charge in [0.05, 0.1) is 18.3 Å². The van der Waals surface area contributed by atoms with E-state index in [4.69, 9.17) is 0 Å². The number of rotatable bonds is 14. The highest BCUT2D eigenvalue weighted by Crippen LogP contribution is 2.52. The second-order valence-electron chi connectivity index (χ2n) is 16.5. The SMILES string of the molecule is CC(C)(C)[C@H](NC(=O)[C@@H](NC(=O)c1cnccn1)C1CCCCC1)C(=O)N1C[C@@H]2CCC3[C@@H]2[C@H]1C(O)N3C(CCCC(F)F)C(=O)C(=O)NC1CC1. The Labute approximate surface area is 303 Å². The average Bonchev–Trinajstić information content (AvgIpc) is 3.59. The fourth-order valence-electron chi connectivity index (χ4n) is 9.18. The molecule has 3 unspecified atom stereocenters. The molecular formula is C37H53F2N7O6. The molecule has 13 nitrogen and oxygen atoms in total. The summed E-state index contributed by atoms with van der Waals surface area (Å²) in [6, 6.07) is -4.14. The van der Waals surface area contributed by atoms with E-state index in [0.29, 0.717) is 13.0 Å². The number of carbonyl (C=O) groups is 5. The van der Waals surface area contributed by atoms with E-state index in [1.54, 1.807) is 9.80 Å². The Morgan fingerprint density at radius 2 is 1.69 bits per heavy atom. The molecule has 2 saturated heterocycles. The maximum atomic E-state index is 14.7. The van der Waals surface area contributed by atoms with Gasteiger partial charge in [-0.2, -0.15) is 0 Å². The minimum Gasteiger partial charge on any atom is -0.376 e. The minimum absolute atomic E-state index is 0.00416. The van der Waals surface area contributed by atoms with Gasteiger partial charge >= 0.3 is 0 Å². The lowest BCUT2D eigenvalue weighted by Crippen LogP contribution is -2.62. The van der Waals surface area contributed by atoms with Gasteiger partial charge in [0, 0.05) is 43.4 Å². The molecule has 0 radical (unpaired) electrons. The molecule has 0 spiro atoms.